The Morgan fingerprint density at radius 2 is 1.17 bits per heavy atom. The number of hydrogen-bond donors (Lipinski definition) is 0. The van der Waals surface area contributed by atoms with Gasteiger partial charge in [0.1, 0.15) is 11.5 Å². The maximum absolute atomic E-state index is 5.84. The number of benzene rings is 2. The van der Waals surface area contributed by atoms with E-state index >= 15 is 0 Å². The van der Waals surface area contributed by atoms with Crippen LogP contribution in [0.15, 0.2) is 23.8 Å². The summed E-state index contributed by atoms with van der Waals surface area (Å²) in [5.74, 6) is 4.12. The molecule has 0 heterocycles. The number of ether oxygens (including phenoxy) is 6. The van der Waals surface area contributed by atoms with E-state index in [0.29, 0.717) is 28.7 Å². The summed E-state index contributed by atoms with van der Waals surface area (Å²) in [7, 11) is 9.84. The summed E-state index contributed by atoms with van der Waals surface area (Å²) < 4.78 is 34.0. The Bertz CT molecular complexity index is 963. The van der Waals surface area contributed by atoms with Gasteiger partial charge in [-0.3, -0.25) is 0 Å². The minimum absolute atomic E-state index is 0.0706. The second-order valence-corrected chi connectivity index (χ2v) is 7.25. The van der Waals surface area contributed by atoms with Crippen LogP contribution < -0.4 is 28.4 Å². The molecular weight excluding hydrogens is 384 g/mol. The summed E-state index contributed by atoms with van der Waals surface area (Å²) in [6, 6.07) is 5.70. The van der Waals surface area contributed by atoms with Crippen LogP contribution in [-0.2, 0) is 0 Å². The first-order valence-electron chi connectivity index (χ1n) is 9.76. The van der Waals surface area contributed by atoms with Crippen molar-refractivity contribution in [1.29, 1.82) is 0 Å². The highest BCUT2D eigenvalue weighted by atomic mass is 16.5. The number of allylic oxidation sites excluding steroid dienone is 1. The first-order chi connectivity index (χ1) is 14.4. The highest BCUT2D eigenvalue weighted by Gasteiger charge is 2.36. The topological polar surface area (TPSA) is 55.4 Å². The van der Waals surface area contributed by atoms with Crippen LogP contribution in [0.25, 0.3) is 6.08 Å². The molecule has 0 saturated heterocycles. The Kier molecular flexibility index (Phi) is 6.34. The molecule has 2 atom stereocenters. The van der Waals surface area contributed by atoms with Gasteiger partial charge in [0.2, 0.25) is 0 Å². The maximum atomic E-state index is 5.84. The summed E-state index contributed by atoms with van der Waals surface area (Å²) in [4.78, 5) is 0. The summed E-state index contributed by atoms with van der Waals surface area (Å²) in [6.07, 6.45) is 2.16. The van der Waals surface area contributed by atoms with Gasteiger partial charge in [0.15, 0.2) is 23.0 Å². The first-order valence-corrected chi connectivity index (χ1v) is 9.76. The van der Waals surface area contributed by atoms with Crippen molar-refractivity contribution in [3.05, 3.63) is 40.5 Å². The molecule has 0 spiro atoms. The average Bonchev–Trinajstić information content (AvgIpc) is 2.78. The molecule has 0 aliphatic heterocycles. The molecule has 1 aliphatic carbocycles. The van der Waals surface area contributed by atoms with E-state index in [1.165, 1.54) is 5.57 Å². The first kappa shape index (κ1) is 21.7. The summed E-state index contributed by atoms with van der Waals surface area (Å²) >= 11 is 0. The zero-order chi connectivity index (χ0) is 22.0. The van der Waals surface area contributed by atoms with Gasteiger partial charge in [-0.15, -0.1) is 0 Å². The van der Waals surface area contributed by atoms with Crippen molar-refractivity contribution >= 4 is 6.08 Å². The number of hydrogen-bond acceptors (Lipinski definition) is 6. The second-order valence-electron chi connectivity index (χ2n) is 7.25. The largest absolute Gasteiger partial charge is 0.496 e. The second kappa shape index (κ2) is 8.78. The molecule has 2 aromatic rings. The van der Waals surface area contributed by atoms with Crippen LogP contribution in [0.1, 0.15) is 36.5 Å². The summed E-state index contributed by atoms with van der Waals surface area (Å²) in [5, 5.41) is 0. The fourth-order valence-electron chi connectivity index (χ4n) is 4.23. The molecule has 3 rings (SSSR count). The zero-order valence-corrected chi connectivity index (χ0v) is 18.9. The third-order valence-corrected chi connectivity index (χ3v) is 5.90. The maximum Gasteiger partial charge on any atom is 0.165 e. The molecule has 0 aromatic heterocycles. The van der Waals surface area contributed by atoms with Crippen LogP contribution in [0.3, 0.4) is 0 Å². The van der Waals surface area contributed by atoms with Crippen LogP contribution in [0.5, 0.6) is 34.5 Å². The molecule has 0 bridgehead atoms. The van der Waals surface area contributed by atoms with E-state index < -0.39 is 0 Å². The Hall–Kier alpha value is -3.02. The highest BCUT2D eigenvalue weighted by Crippen LogP contribution is 2.54. The monoisotopic (exact) mass is 414 g/mol. The molecule has 2 aromatic carbocycles. The van der Waals surface area contributed by atoms with E-state index in [4.69, 9.17) is 28.4 Å². The smallest absolute Gasteiger partial charge is 0.165 e. The third-order valence-electron chi connectivity index (χ3n) is 5.90. The summed E-state index contributed by atoms with van der Waals surface area (Å²) in [6.45, 7) is 4.32. The van der Waals surface area contributed by atoms with E-state index in [1.54, 1.807) is 42.7 Å². The Labute approximate surface area is 178 Å². The molecule has 0 amide bonds. The molecule has 0 radical (unpaired) electrons. The van der Waals surface area contributed by atoms with Crippen molar-refractivity contribution in [2.45, 2.75) is 19.8 Å². The minimum Gasteiger partial charge on any atom is -0.496 e. The normalized spacial score (nSPS) is 17.5. The van der Waals surface area contributed by atoms with E-state index in [0.717, 1.165) is 22.4 Å². The number of fused-ring (bicyclic) bond motifs is 1. The lowest BCUT2D eigenvalue weighted by atomic mass is 9.71. The van der Waals surface area contributed by atoms with E-state index in [2.05, 4.69) is 19.9 Å². The molecule has 1 aliphatic rings. The van der Waals surface area contributed by atoms with E-state index in [9.17, 15) is 0 Å². The fourth-order valence-corrected chi connectivity index (χ4v) is 4.23. The van der Waals surface area contributed by atoms with E-state index in [-0.39, 0.29) is 11.8 Å². The van der Waals surface area contributed by atoms with Gasteiger partial charge >= 0.3 is 0 Å². The zero-order valence-electron chi connectivity index (χ0n) is 18.9. The SMILES string of the molecule is COc1cc(OC)c([C@H]2c3c(c(OC)cc(OC)c3OC)C=C(C)[C@@H]2C)cc1OC. The van der Waals surface area contributed by atoms with E-state index in [1.807, 2.05) is 18.2 Å². The molecule has 6 nitrogen and oxygen atoms in total. The fraction of sp³-hybridized carbons (Fsp3) is 0.417. The Morgan fingerprint density at radius 3 is 1.70 bits per heavy atom. The third kappa shape index (κ3) is 3.40. The van der Waals surface area contributed by atoms with Crippen molar-refractivity contribution in [1.82, 2.24) is 0 Å². The van der Waals surface area contributed by atoms with Crippen molar-refractivity contribution in [3.8, 4) is 34.5 Å². The predicted molar refractivity (Wildman–Crippen MR) is 117 cm³/mol. The van der Waals surface area contributed by atoms with Crippen LogP contribution in [0.4, 0.5) is 0 Å². The molecule has 0 N–H and O–H groups in total. The number of methoxy groups -OCH3 is 6. The highest BCUT2D eigenvalue weighted by molar-refractivity contribution is 5.75. The quantitative estimate of drug-likeness (QED) is 0.641. The standard InChI is InChI=1S/C24H30O6/c1-13-9-15-18(26-4)12-21(29-7)24(30-8)23(15)22(14(13)2)16-10-19(27-5)20(28-6)11-17(16)25-3/h9-12,14,22H,1-8H3/t14-,22-/m0/s1. The minimum atomic E-state index is -0.0706. The lowest BCUT2D eigenvalue weighted by molar-refractivity contribution is 0.337. The van der Waals surface area contributed by atoms with Crippen LogP contribution in [0.2, 0.25) is 0 Å². The van der Waals surface area contributed by atoms with Crippen molar-refractivity contribution < 1.29 is 28.4 Å². The molecule has 162 valence electrons. The van der Waals surface area contributed by atoms with Crippen molar-refractivity contribution in [3.63, 3.8) is 0 Å². The molecule has 30 heavy (non-hydrogen) atoms. The van der Waals surface area contributed by atoms with Gasteiger partial charge in [-0.25, -0.2) is 0 Å². The molecule has 0 unspecified atom stereocenters. The van der Waals surface area contributed by atoms with Gasteiger partial charge in [0.25, 0.3) is 0 Å². The summed E-state index contributed by atoms with van der Waals surface area (Å²) in [5.41, 5.74) is 4.18. The van der Waals surface area contributed by atoms with Gasteiger partial charge in [0.05, 0.1) is 42.7 Å². The molecular formula is C24H30O6. The van der Waals surface area contributed by atoms with Gasteiger partial charge in [-0.1, -0.05) is 18.6 Å². The Morgan fingerprint density at radius 1 is 0.633 bits per heavy atom. The molecule has 0 fully saturated rings. The molecule has 6 heteroatoms. The number of rotatable bonds is 7. The van der Waals surface area contributed by atoms with Gasteiger partial charge < -0.3 is 28.4 Å². The lowest BCUT2D eigenvalue weighted by Crippen LogP contribution is -2.20. The lowest BCUT2D eigenvalue weighted by Gasteiger charge is -2.34. The van der Waals surface area contributed by atoms with Crippen LogP contribution >= 0.6 is 0 Å². The van der Waals surface area contributed by atoms with Gasteiger partial charge in [-0.2, -0.15) is 0 Å². The van der Waals surface area contributed by atoms with Crippen LogP contribution in [-0.4, -0.2) is 42.7 Å². The van der Waals surface area contributed by atoms with Crippen molar-refractivity contribution in [2.24, 2.45) is 5.92 Å². The van der Waals surface area contributed by atoms with Crippen LogP contribution in [0, 0.1) is 5.92 Å². The Balaban J connectivity index is 2.40. The van der Waals surface area contributed by atoms with Crippen molar-refractivity contribution in [2.75, 3.05) is 42.7 Å². The average molecular weight is 414 g/mol. The predicted octanol–water partition coefficient (Wildman–Crippen LogP) is 4.92. The van der Waals surface area contributed by atoms with Gasteiger partial charge in [-0.05, 0) is 18.9 Å². The van der Waals surface area contributed by atoms with Gasteiger partial charge in [0, 0.05) is 34.7 Å². The molecule has 0 saturated carbocycles.